The van der Waals surface area contributed by atoms with Gasteiger partial charge < -0.3 is 20.7 Å². The summed E-state index contributed by atoms with van der Waals surface area (Å²) in [6.45, 7) is 7.14. The average Bonchev–Trinajstić information content (AvgIpc) is 3.23. The van der Waals surface area contributed by atoms with Gasteiger partial charge in [0.15, 0.2) is 0 Å². The van der Waals surface area contributed by atoms with Crippen LogP contribution in [-0.2, 0) is 25.7 Å². The summed E-state index contributed by atoms with van der Waals surface area (Å²) < 4.78 is 5.14. The SMILES string of the molecule is COCc1ccc(C(NC(=O)C2CNC(=O)C2)C(=O)Nc2ccc([Si](C)(C)C)c(C#N)c2)cc1. The molecule has 1 saturated heterocycles. The average molecular weight is 479 g/mol. The van der Waals surface area contributed by atoms with E-state index in [2.05, 4.69) is 41.7 Å². The molecule has 1 aliphatic rings. The van der Waals surface area contributed by atoms with Crippen molar-refractivity contribution in [2.24, 2.45) is 5.92 Å². The van der Waals surface area contributed by atoms with E-state index in [0.29, 0.717) is 23.4 Å². The molecule has 1 fully saturated rings. The number of anilines is 1. The van der Waals surface area contributed by atoms with Gasteiger partial charge in [-0.3, -0.25) is 14.4 Å². The lowest BCUT2D eigenvalue weighted by Gasteiger charge is -2.22. The summed E-state index contributed by atoms with van der Waals surface area (Å²) in [6, 6.07) is 13.8. The summed E-state index contributed by atoms with van der Waals surface area (Å²) in [7, 11) is -0.126. The maximum absolute atomic E-state index is 13.3. The molecule has 8 nitrogen and oxygen atoms in total. The lowest BCUT2D eigenvalue weighted by molar-refractivity contribution is -0.129. The van der Waals surface area contributed by atoms with Crippen molar-refractivity contribution >= 4 is 36.7 Å². The molecule has 3 rings (SSSR count). The number of rotatable bonds is 8. The molecule has 9 heteroatoms. The van der Waals surface area contributed by atoms with Gasteiger partial charge in [-0.15, -0.1) is 0 Å². The highest BCUT2D eigenvalue weighted by Crippen LogP contribution is 2.21. The van der Waals surface area contributed by atoms with Crippen molar-refractivity contribution in [3.05, 3.63) is 59.2 Å². The molecule has 0 spiro atoms. The van der Waals surface area contributed by atoms with Crippen LogP contribution in [0.2, 0.25) is 19.6 Å². The van der Waals surface area contributed by atoms with Crippen LogP contribution in [0.1, 0.15) is 29.2 Å². The van der Waals surface area contributed by atoms with Crippen LogP contribution in [0.15, 0.2) is 42.5 Å². The summed E-state index contributed by atoms with van der Waals surface area (Å²) in [5, 5.41) is 18.9. The number of methoxy groups -OCH3 is 1. The van der Waals surface area contributed by atoms with E-state index in [9.17, 15) is 19.6 Å². The van der Waals surface area contributed by atoms with Gasteiger partial charge in [0.05, 0.1) is 32.2 Å². The number of hydrogen-bond donors (Lipinski definition) is 3. The molecule has 0 saturated carbocycles. The van der Waals surface area contributed by atoms with Crippen molar-refractivity contribution < 1.29 is 19.1 Å². The van der Waals surface area contributed by atoms with E-state index in [0.717, 1.165) is 10.8 Å². The van der Waals surface area contributed by atoms with Crippen LogP contribution in [0.4, 0.5) is 5.69 Å². The quantitative estimate of drug-likeness (QED) is 0.502. The van der Waals surface area contributed by atoms with Gasteiger partial charge in [-0.05, 0) is 28.4 Å². The maximum Gasteiger partial charge on any atom is 0.251 e. The van der Waals surface area contributed by atoms with Crippen molar-refractivity contribution in [2.75, 3.05) is 19.0 Å². The summed E-state index contributed by atoms with van der Waals surface area (Å²) in [5.41, 5.74) is 2.55. The molecular weight excluding hydrogens is 448 g/mol. The molecule has 2 unspecified atom stereocenters. The van der Waals surface area contributed by atoms with Gasteiger partial charge in [-0.2, -0.15) is 5.26 Å². The first-order valence-corrected chi connectivity index (χ1v) is 14.6. The van der Waals surface area contributed by atoms with E-state index in [-0.39, 0.29) is 24.8 Å². The topological polar surface area (TPSA) is 120 Å². The van der Waals surface area contributed by atoms with Gasteiger partial charge in [-0.25, -0.2) is 0 Å². The van der Waals surface area contributed by atoms with Crippen LogP contribution in [0.5, 0.6) is 0 Å². The zero-order valence-electron chi connectivity index (χ0n) is 19.9. The van der Waals surface area contributed by atoms with Crippen molar-refractivity contribution in [3.8, 4) is 6.07 Å². The third kappa shape index (κ3) is 6.10. The number of benzene rings is 2. The van der Waals surface area contributed by atoms with Crippen molar-refractivity contribution in [1.29, 1.82) is 5.26 Å². The molecule has 0 aliphatic carbocycles. The Balaban J connectivity index is 1.86. The first kappa shape index (κ1) is 25.1. The number of nitrogens with one attached hydrogen (secondary N) is 3. The molecule has 0 bridgehead atoms. The Morgan fingerprint density at radius 2 is 1.91 bits per heavy atom. The molecule has 2 aromatic carbocycles. The summed E-state index contributed by atoms with van der Waals surface area (Å²) in [4.78, 5) is 37.7. The fourth-order valence-electron chi connectivity index (χ4n) is 3.91. The largest absolute Gasteiger partial charge is 0.380 e. The number of hydrogen-bond acceptors (Lipinski definition) is 5. The zero-order chi connectivity index (χ0) is 24.9. The van der Waals surface area contributed by atoms with E-state index in [1.165, 1.54) is 0 Å². The monoisotopic (exact) mass is 478 g/mol. The molecule has 1 heterocycles. The standard InChI is InChI=1S/C25H30N4O4Si/c1-33-15-16-5-7-17(8-6-16)23(29-24(31)19-12-22(30)27-14-19)25(32)28-20-9-10-21(34(2,3)4)18(11-20)13-26/h5-11,19,23H,12,14-15H2,1-4H3,(H,27,30)(H,28,32)(H,29,31). The van der Waals surface area contributed by atoms with Gasteiger partial charge in [0.25, 0.3) is 5.91 Å². The minimum Gasteiger partial charge on any atom is -0.380 e. The number of nitrogens with zero attached hydrogens (tertiary/aromatic N) is 1. The molecule has 2 aromatic rings. The fourth-order valence-corrected chi connectivity index (χ4v) is 5.43. The number of nitriles is 1. The van der Waals surface area contributed by atoms with Crippen LogP contribution in [0.25, 0.3) is 0 Å². The van der Waals surface area contributed by atoms with Crippen molar-refractivity contribution in [1.82, 2.24) is 10.6 Å². The first-order chi connectivity index (χ1) is 16.1. The van der Waals surface area contributed by atoms with Crippen LogP contribution in [-0.4, -0.2) is 39.4 Å². The normalized spacial score (nSPS) is 16.3. The Labute approximate surface area is 200 Å². The summed E-state index contributed by atoms with van der Waals surface area (Å²) >= 11 is 0. The van der Waals surface area contributed by atoms with Crippen molar-refractivity contribution in [3.63, 3.8) is 0 Å². The van der Waals surface area contributed by atoms with Gasteiger partial charge in [0.2, 0.25) is 11.8 Å². The summed E-state index contributed by atoms with van der Waals surface area (Å²) in [5.74, 6) is -1.52. The Morgan fingerprint density at radius 3 is 2.47 bits per heavy atom. The Hall–Kier alpha value is -3.48. The Kier molecular flexibility index (Phi) is 7.86. The van der Waals surface area contributed by atoms with E-state index in [4.69, 9.17) is 4.74 Å². The first-order valence-electron chi connectivity index (χ1n) is 11.1. The lowest BCUT2D eigenvalue weighted by Crippen LogP contribution is -2.41. The highest BCUT2D eigenvalue weighted by Gasteiger charge is 2.32. The maximum atomic E-state index is 13.3. The third-order valence-corrected chi connectivity index (χ3v) is 7.79. The summed E-state index contributed by atoms with van der Waals surface area (Å²) in [6.07, 6.45) is 0.0939. The predicted molar refractivity (Wildman–Crippen MR) is 132 cm³/mol. The molecule has 2 atom stereocenters. The minimum atomic E-state index is -1.73. The van der Waals surface area contributed by atoms with E-state index >= 15 is 0 Å². The van der Waals surface area contributed by atoms with Gasteiger partial charge in [0, 0.05) is 25.8 Å². The third-order valence-electron chi connectivity index (χ3n) is 5.74. The zero-order valence-corrected chi connectivity index (χ0v) is 20.9. The van der Waals surface area contributed by atoms with Crippen LogP contribution >= 0.6 is 0 Å². The minimum absolute atomic E-state index is 0.0939. The van der Waals surface area contributed by atoms with Crippen LogP contribution in [0, 0.1) is 17.2 Å². The second-order valence-corrected chi connectivity index (χ2v) is 14.5. The van der Waals surface area contributed by atoms with E-state index in [1.54, 1.807) is 31.4 Å². The van der Waals surface area contributed by atoms with Gasteiger partial charge in [0.1, 0.15) is 6.04 Å². The van der Waals surface area contributed by atoms with Crippen molar-refractivity contribution in [2.45, 2.75) is 38.7 Å². The molecule has 178 valence electrons. The molecule has 3 N–H and O–H groups in total. The molecule has 34 heavy (non-hydrogen) atoms. The Bertz CT molecular complexity index is 1120. The number of amides is 3. The van der Waals surface area contributed by atoms with E-state index in [1.807, 2.05) is 18.2 Å². The van der Waals surface area contributed by atoms with Crippen LogP contribution < -0.4 is 21.1 Å². The lowest BCUT2D eigenvalue weighted by atomic mass is 10.0. The highest BCUT2D eigenvalue weighted by molar-refractivity contribution is 6.89. The molecule has 1 aliphatic heterocycles. The predicted octanol–water partition coefficient (Wildman–Crippen LogP) is 2.18. The molecule has 0 aromatic heterocycles. The second-order valence-electron chi connectivity index (χ2n) is 9.43. The second kappa shape index (κ2) is 10.6. The molecule has 0 radical (unpaired) electrons. The fraction of sp³-hybridized carbons (Fsp3) is 0.360. The molecular formula is C25H30N4O4Si. The van der Waals surface area contributed by atoms with Crippen LogP contribution in [0.3, 0.4) is 0 Å². The van der Waals surface area contributed by atoms with Gasteiger partial charge >= 0.3 is 0 Å². The van der Waals surface area contributed by atoms with E-state index < -0.39 is 25.9 Å². The number of ether oxygens (including phenoxy) is 1. The number of carbonyl (C=O) groups is 3. The molecule has 3 amide bonds. The Morgan fingerprint density at radius 1 is 1.21 bits per heavy atom. The highest BCUT2D eigenvalue weighted by atomic mass is 28.3. The number of carbonyl (C=O) groups excluding carboxylic acids is 3. The van der Waals surface area contributed by atoms with Gasteiger partial charge in [-0.1, -0.05) is 50.0 Å². The smallest absolute Gasteiger partial charge is 0.251 e.